The summed E-state index contributed by atoms with van der Waals surface area (Å²) in [6.45, 7) is 1.87. The molecule has 0 saturated heterocycles. The van der Waals surface area contributed by atoms with E-state index < -0.39 is 0 Å². The van der Waals surface area contributed by atoms with Crippen LogP contribution in [0.5, 0.6) is 5.75 Å². The highest BCUT2D eigenvalue weighted by molar-refractivity contribution is 5.29. The molecule has 1 aromatic carbocycles. The highest BCUT2D eigenvalue weighted by Gasteiger charge is 1.86. The van der Waals surface area contributed by atoms with E-state index in [2.05, 4.69) is 4.98 Å². The molecule has 0 atom stereocenters. The third kappa shape index (κ3) is 3.47. The van der Waals surface area contributed by atoms with Crippen LogP contribution in [-0.2, 0) is 0 Å². The molecule has 0 aliphatic rings. The molecule has 2 heteroatoms. The van der Waals surface area contributed by atoms with Crippen molar-refractivity contribution in [1.29, 1.82) is 0 Å². The van der Waals surface area contributed by atoms with Crippen LogP contribution in [0, 0.1) is 6.92 Å². The van der Waals surface area contributed by atoms with Gasteiger partial charge in [0.15, 0.2) is 0 Å². The number of aryl methyl sites for hydroxylation is 1. The summed E-state index contributed by atoms with van der Waals surface area (Å²) >= 11 is 0. The predicted octanol–water partition coefficient (Wildman–Crippen LogP) is 2.72. The monoisotopic (exact) mass is 175 g/mol. The summed E-state index contributed by atoms with van der Waals surface area (Å²) in [5.41, 5.74) is 0.924. The SMILES string of the molecule is Cc1ccccc1O.c1cc[nH]c1. The molecule has 0 radical (unpaired) electrons. The van der Waals surface area contributed by atoms with Crippen LogP contribution in [-0.4, -0.2) is 10.1 Å². The first-order valence-corrected chi connectivity index (χ1v) is 4.13. The molecule has 68 valence electrons. The highest BCUT2D eigenvalue weighted by Crippen LogP contribution is 2.12. The minimum absolute atomic E-state index is 0.368. The third-order valence-electron chi connectivity index (χ3n) is 1.61. The van der Waals surface area contributed by atoms with E-state index in [9.17, 15) is 0 Å². The van der Waals surface area contributed by atoms with Gasteiger partial charge in [-0.05, 0) is 30.7 Å². The molecule has 2 nitrogen and oxygen atoms in total. The van der Waals surface area contributed by atoms with Gasteiger partial charge in [0.2, 0.25) is 0 Å². The van der Waals surface area contributed by atoms with Gasteiger partial charge >= 0.3 is 0 Å². The van der Waals surface area contributed by atoms with Crippen LogP contribution in [0.15, 0.2) is 48.8 Å². The topological polar surface area (TPSA) is 36.0 Å². The van der Waals surface area contributed by atoms with Crippen LogP contribution in [0.1, 0.15) is 5.56 Å². The minimum atomic E-state index is 0.368. The second-order valence-electron chi connectivity index (χ2n) is 2.67. The summed E-state index contributed by atoms with van der Waals surface area (Å²) in [5, 5.41) is 8.92. The molecule has 0 amide bonds. The lowest BCUT2D eigenvalue weighted by Gasteiger charge is -1.92. The Labute approximate surface area is 77.9 Å². The first kappa shape index (κ1) is 9.39. The van der Waals surface area contributed by atoms with Crippen molar-refractivity contribution in [1.82, 2.24) is 4.98 Å². The lowest BCUT2D eigenvalue weighted by molar-refractivity contribution is 0.471. The van der Waals surface area contributed by atoms with Gasteiger partial charge in [0.25, 0.3) is 0 Å². The van der Waals surface area contributed by atoms with Crippen molar-refractivity contribution >= 4 is 0 Å². The van der Waals surface area contributed by atoms with Crippen LogP contribution in [0.3, 0.4) is 0 Å². The zero-order valence-electron chi connectivity index (χ0n) is 7.57. The Morgan fingerprint density at radius 1 is 1.00 bits per heavy atom. The van der Waals surface area contributed by atoms with Crippen LogP contribution in [0.25, 0.3) is 0 Å². The molecule has 0 bridgehead atoms. The lowest BCUT2D eigenvalue weighted by Crippen LogP contribution is -1.68. The van der Waals surface area contributed by atoms with Gasteiger partial charge < -0.3 is 10.1 Å². The standard InChI is InChI=1S/C7H8O.C4H5N/c1-6-4-2-3-5-7(6)8;1-2-4-5-3-1/h2-5,8H,1H3;1-5H. The van der Waals surface area contributed by atoms with Crippen LogP contribution >= 0.6 is 0 Å². The van der Waals surface area contributed by atoms with Gasteiger partial charge in [-0.3, -0.25) is 0 Å². The Morgan fingerprint density at radius 2 is 1.62 bits per heavy atom. The first-order valence-electron chi connectivity index (χ1n) is 4.13. The molecule has 0 spiro atoms. The number of phenolic OH excluding ortho intramolecular Hbond substituents is 1. The number of nitrogens with one attached hydrogen (secondary N) is 1. The Balaban J connectivity index is 0.000000145. The summed E-state index contributed by atoms with van der Waals surface area (Å²) in [4.78, 5) is 2.86. The van der Waals surface area contributed by atoms with Gasteiger partial charge in [-0.2, -0.15) is 0 Å². The second-order valence-corrected chi connectivity index (χ2v) is 2.67. The second kappa shape index (κ2) is 5.04. The molecule has 0 aliphatic carbocycles. The van der Waals surface area contributed by atoms with Crippen molar-refractivity contribution in [3.63, 3.8) is 0 Å². The summed E-state index contributed by atoms with van der Waals surface area (Å²) in [5.74, 6) is 0.368. The van der Waals surface area contributed by atoms with Gasteiger partial charge in [-0.1, -0.05) is 18.2 Å². The zero-order valence-corrected chi connectivity index (χ0v) is 7.57. The molecule has 2 rings (SSSR count). The Bertz CT molecular complexity index is 289. The Kier molecular flexibility index (Phi) is 3.64. The molecule has 2 aromatic rings. The summed E-state index contributed by atoms with van der Waals surface area (Å²) < 4.78 is 0. The third-order valence-corrected chi connectivity index (χ3v) is 1.61. The number of H-pyrrole nitrogens is 1. The predicted molar refractivity (Wildman–Crippen MR) is 53.6 cm³/mol. The molecular formula is C11H13NO. The number of aromatic hydroxyl groups is 1. The van der Waals surface area contributed by atoms with Gasteiger partial charge in [0.05, 0.1) is 0 Å². The summed E-state index contributed by atoms with van der Waals surface area (Å²) in [6.07, 6.45) is 3.75. The first-order chi connectivity index (χ1) is 6.30. The molecule has 0 fully saturated rings. The van der Waals surface area contributed by atoms with Gasteiger partial charge in [0.1, 0.15) is 5.75 Å². The van der Waals surface area contributed by atoms with Crippen LogP contribution < -0.4 is 0 Å². The van der Waals surface area contributed by atoms with Crippen molar-refractivity contribution in [2.75, 3.05) is 0 Å². The lowest BCUT2D eigenvalue weighted by atomic mass is 10.2. The van der Waals surface area contributed by atoms with E-state index >= 15 is 0 Å². The highest BCUT2D eigenvalue weighted by atomic mass is 16.3. The van der Waals surface area contributed by atoms with E-state index in [0.717, 1.165) is 5.56 Å². The molecular weight excluding hydrogens is 162 g/mol. The number of rotatable bonds is 0. The number of hydrogen-bond acceptors (Lipinski definition) is 1. The zero-order chi connectivity index (χ0) is 9.52. The van der Waals surface area contributed by atoms with Crippen molar-refractivity contribution in [2.24, 2.45) is 0 Å². The maximum Gasteiger partial charge on any atom is 0.118 e. The van der Waals surface area contributed by atoms with Gasteiger partial charge in [-0.15, -0.1) is 0 Å². The fourth-order valence-electron chi connectivity index (χ4n) is 0.841. The van der Waals surface area contributed by atoms with Crippen LogP contribution in [0.4, 0.5) is 0 Å². The van der Waals surface area contributed by atoms with Crippen molar-refractivity contribution in [2.45, 2.75) is 6.92 Å². The van der Waals surface area contributed by atoms with E-state index in [1.807, 2.05) is 49.6 Å². The van der Waals surface area contributed by atoms with E-state index in [-0.39, 0.29) is 0 Å². The fourth-order valence-corrected chi connectivity index (χ4v) is 0.841. The summed E-state index contributed by atoms with van der Waals surface area (Å²) in [7, 11) is 0. The van der Waals surface area contributed by atoms with Crippen molar-refractivity contribution in [3.8, 4) is 5.75 Å². The maximum atomic E-state index is 8.92. The smallest absolute Gasteiger partial charge is 0.118 e. The number of aromatic amines is 1. The molecule has 2 N–H and O–H groups in total. The largest absolute Gasteiger partial charge is 0.508 e. The van der Waals surface area contributed by atoms with Crippen molar-refractivity contribution < 1.29 is 5.11 Å². The van der Waals surface area contributed by atoms with E-state index in [1.54, 1.807) is 6.07 Å². The number of benzene rings is 1. The quantitative estimate of drug-likeness (QED) is 0.634. The molecule has 1 heterocycles. The van der Waals surface area contributed by atoms with Crippen LogP contribution in [0.2, 0.25) is 0 Å². The molecule has 0 aliphatic heterocycles. The van der Waals surface area contributed by atoms with E-state index in [1.165, 1.54) is 0 Å². The molecule has 13 heavy (non-hydrogen) atoms. The summed E-state index contributed by atoms with van der Waals surface area (Å²) in [6, 6.07) is 11.1. The van der Waals surface area contributed by atoms with Gasteiger partial charge in [0, 0.05) is 12.4 Å². The minimum Gasteiger partial charge on any atom is -0.508 e. The van der Waals surface area contributed by atoms with Gasteiger partial charge in [-0.25, -0.2) is 0 Å². The molecule has 0 saturated carbocycles. The number of para-hydroxylation sites is 1. The average molecular weight is 175 g/mol. The Morgan fingerprint density at radius 3 is 1.92 bits per heavy atom. The number of aromatic nitrogens is 1. The normalized spacial score (nSPS) is 8.69. The van der Waals surface area contributed by atoms with Crippen molar-refractivity contribution in [3.05, 3.63) is 54.4 Å². The average Bonchev–Trinajstić information content (AvgIpc) is 2.68. The van der Waals surface area contributed by atoms with E-state index in [4.69, 9.17) is 5.11 Å². The number of hydrogen-bond donors (Lipinski definition) is 2. The fraction of sp³-hybridized carbons (Fsp3) is 0.0909. The maximum absolute atomic E-state index is 8.92. The van der Waals surface area contributed by atoms with E-state index in [0.29, 0.717) is 5.75 Å². The molecule has 1 aromatic heterocycles. The molecule has 0 unspecified atom stereocenters. The number of phenols is 1. The Hall–Kier alpha value is -1.70.